The van der Waals surface area contributed by atoms with Gasteiger partial charge in [0.25, 0.3) is 5.91 Å². The molecule has 140 valence electrons. The minimum Gasteiger partial charge on any atom is -0.337 e. The first-order chi connectivity index (χ1) is 12.9. The second-order valence-electron chi connectivity index (χ2n) is 6.53. The fourth-order valence-electron chi connectivity index (χ4n) is 3.22. The molecule has 3 rings (SSSR count). The maximum Gasteiger partial charge on any atom is 0.253 e. The maximum atomic E-state index is 13.0. The molecule has 0 atom stereocenters. The Morgan fingerprint density at radius 2 is 1.81 bits per heavy atom. The van der Waals surface area contributed by atoms with Crippen LogP contribution in [-0.4, -0.2) is 49.7 Å². The SMILES string of the molecule is Cc1cccc(C(=O)N2CCCN(S(=O)(=O)c3ccccc3C#N)CC2)c1. The van der Waals surface area contributed by atoms with Crippen molar-refractivity contribution in [2.24, 2.45) is 0 Å². The van der Waals surface area contributed by atoms with Crippen molar-refractivity contribution >= 4 is 15.9 Å². The molecule has 0 N–H and O–H groups in total. The summed E-state index contributed by atoms with van der Waals surface area (Å²) in [6, 6.07) is 15.5. The summed E-state index contributed by atoms with van der Waals surface area (Å²) >= 11 is 0. The number of benzene rings is 2. The Hall–Kier alpha value is -2.69. The number of sulfonamides is 1. The van der Waals surface area contributed by atoms with Crippen LogP contribution in [0, 0.1) is 18.3 Å². The van der Waals surface area contributed by atoms with Crippen LogP contribution < -0.4 is 0 Å². The summed E-state index contributed by atoms with van der Waals surface area (Å²) in [5.41, 5.74) is 1.75. The van der Waals surface area contributed by atoms with Gasteiger partial charge in [-0.15, -0.1) is 0 Å². The Bertz CT molecular complexity index is 996. The van der Waals surface area contributed by atoms with Crippen LogP contribution in [0.1, 0.15) is 27.9 Å². The zero-order valence-corrected chi connectivity index (χ0v) is 15.9. The van der Waals surface area contributed by atoms with Crippen molar-refractivity contribution in [3.05, 3.63) is 65.2 Å². The quantitative estimate of drug-likeness (QED) is 0.815. The van der Waals surface area contributed by atoms with E-state index in [0.29, 0.717) is 31.6 Å². The van der Waals surface area contributed by atoms with Crippen LogP contribution in [0.2, 0.25) is 0 Å². The first kappa shape index (κ1) is 19.1. The monoisotopic (exact) mass is 383 g/mol. The van der Waals surface area contributed by atoms with E-state index in [2.05, 4.69) is 0 Å². The molecule has 1 amide bonds. The van der Waals surface area contributed by atoms with Crippen LogP contribution in [0.5, 0.6) is 0 Å². The molecule has 2 aromatic carbocycles. The summed E-state index contributed by atoms with van der Waals surface area (Å²) in [6.45, 7) is 3.28. The third-order valence-electron chi connectivity index (χ3n) is 4.63. The van der Waals surface area contributed by atoms with Crippen molar-refractivity contribution in [2.45, 2.75) is 18.2 Å². The minimum atomic E-state index is -3.78. The second kappa shape index (κ2) is 7.91. The number of nitrogens with zero attached hydrogens (tertiary/aromatic N) is 3. The van der Waals surface area contributed by atoms with Crippen molar-refractivity contribution in [2.75, 3.05) is 26.2 Å². The van der Waals surface area contributed by atoms with Gasteiger partial charge in [0.1, 0.15) is 6.07 Å². The van der Waals surface area contributed by atoms with E-state index in [4.69, 9.17) is 0 Å². The molecule has 1 aliphatic heterocycles. The second-order valence-corrected chi connectivity index (χ2v) is 8.43. The average molecular weight is 383 g/mol. The van der Waals surface area contributed by atoms with E-state index < -0.39 is 10.0 Å². The van der Waals surface area contributed by atoms with Crippen molar-refractivity contribution in [3.8, 4) is 6.07 Å². The molecule has 1 aliphatic rings. The lowest BCUT2D eigenvalue weighted by Gasteiger charge is -2.22. The zero-order valence-electron chi connectivity index (χ0n) is 15.1. The van der Waals surface area contributed by atoms with Gasteiger partial charge in [-0.2, -0.15) is 9.57 Å². The Balaban J connectivity index is 1.78. The van der Waals surface area contributed by atoms with Crippen LogP contribution >= 0.6 is 0 Å². The fourth-order valence-corrected chi connectivity index (χ4v) is 4.83. The first-order valence-electron chi connectivity index (χ1n) is 8.78. The number of aryl methyl sites for hydroxylation is 1. The number of amides is 1. The minimum absolute atomic E-state index is 0.0194. The summed E-state index contributed by atoms with van der Waals surface area (Å²) in [7, 11) is -3.78. The van der Waals surface area contributed by atoms with E-state index in [-0.39, 0.29) is 22.9 Å². The van der Waals surface area contributed by atoms with Crippen LogP contribution in [0.4, 0.5) is 0 Å². The topological polar surface area (TPSA) is 81.5 Å². The molecule has 0 spiro atoms. The standard InChI is InChI=1S/C20H21N3O3S/c1-16-6-4-8-17(14-16)20(24)22-10-5-11-23(13-12-22)27(25,26)19-9-3-2-7-18(19)15-21/h2-4,6-9,14H,5,10-13H2,1H3. The summed E-state index contributed by atoms with van der Waals surface area (Å²) in [5, 5.41) is 9.21. The molecule has 2 aromatic rings. The van der Waals surface area contributed by atoms with Crippen molar-refractivity contribution < 1.29 is 13.2 Å². The molecule has 0 unspecified atom stereocenters. The van der Waals surface area contributed by atoms with Crippen molar-refractivity contribution in [1.82, 2.24) is 9.21 Å². The van der Waals surface area contributed by atoms with E-state index in [1.54, 1.807) is 23.1 Å². The molecule has 0 bridgehead atoms. The molecule has 1 saturated heterocycles. The molecule has 0 saturated carbocycles. The largest absolute Gasteiger partial charge is 0.337 e. The third kappa shape index (κ3) is 4.02. The van der Waals surface area contributed by atoms with E-state index >= 15 is 0 Å². The van der Waals surface area contributed by atoms with Gasteiger partial charge in [0.15, 0.2) is 0 Å². The first-order valence-corrected chi connectivity index (χ1v) is 10.2. The van der Waals surface area contributed by atoms with Crippen LogP contribution in [0.3, 0.4) is 0 Å². The lowest BCUT2D eigenvalue weighted by Crippen LogP contribution is -2.37. The summed E-state index contributed by atoms with van der Waals surface area (Å²) < 4.78 is 27.3. The lowest BCUT2D eigenvalue weighted by molar-refractivity contribution is 0.0764. The van der Waals surface area contributed by atoms with Gasteiger partial charge in [-0.25, -0.2) is 8.42 Å². The molecule has 6 nitrogen and oxygen atoms in total. The van der Waals surface area contributed by atoms with Crippen LogP contribution in [0.15, 0.2) is 53.4 Å². The third-order valence-corrected chi connectivity index (χ3v) is 6.59. The van der Waals surface area contributed by atoms with Crippen molar-refractivity contribution in [3.63, 3.8) is 0 Å². The molecule has 1 heterocycles. The molecule has 0 radical (unpaired) electrons. The summed E-state index contributed by atoms with van der Waals surface area (Å²) in [5.74, 6) is -0.0876. The number of nitriles is 1. The molecule has 0 aromatic heterocycles. The normalized spacial score (nSPS) is 15.8. The van der Waals surface area contributed by atoms with Gasteiger partial charge in [-0.3, -0.25) is 4.79 Å². The van der Waals surface area contributed by atoms with Crippen LogP contribution in [-0.2, 0) is 10.0 Å². The molecule has 1 fully saturated rings. The van der Waals surface area contributed by atoms with Crippen molar-refractivity contribution in [1.29, 1.82) is 5.26 Å². The zero-order chi connectivity index (χ0) is 19.4. The highest BCUT2D eigenvalue weighted by Crippen LogP contribution is 2.21. The Morgan fingerprint density at radius 1 is 1.04 bits per heavy atom. The number of hydrogen-bond acceptors (Lipinski definition) is 4. The Morgan fingerprint density at radius 3 is 2.56 bits per heavy atom. The molecule has 0 aliphatic carbocycles. The molecule has 7 heteroatoms. The predicted molar refractivity (Wildman–Crippen MR) is 102 cm³/mol. The number of rotatable bonds is 3. The Kier molecular flexibility index (Phi) is 5.59. The Labute approximate surface area is 159 Å². The van der Waals surface area contributed by atoms with Gasteiger partial charge >= 0.3 is 0 Å². The molecular weight excluding hydrogens is 362 g/mol. The fraction of sp³-hybridized carbons (Fsp3) is 0.300. The van der Waals surface area contributed by atoms with Crippen LogP contribution in [0.25, 0.3) is 0 Å². The highest BCUT2D eigenvalue weighted by Gasteiger charge is 2.30. The summed E-state index contributed by atoms with van der Waals surface area (Å²) in [4.78, 5) is 14.5. The van der Waals surface area contributed by atoms with Gasteiger partial charge in [-0.05, 0) is 37.6 Å². The van der Waals surface area contributed by atoms with E-state index in [9.17, 15) is 18.5 Å². The molecule has 27 heavy (non-hydrogen) atoms. The van der Waals surface area contributed by atoms with Gasteiger partial charge in [-0.1, -0.05) is 29.8 Å². The van der Waals surface area contributed by atoms with E-state index in [1.165, 1.54) is 16.4 Å². The van der Waals surface area contributed by atoms with Gasteiger partial charge in [0, 0.05) is 31.7 Å². The number of carbonyl (C=O) groups excluding carboxylic acids is 1. The number of hydrogen-bond donors (Lipinski definition) is 0. The van der Waals surface area contributed by atoms with Gasteiger partial charge in [0.05, 0.1) is 10.5 Å². The van der Waals surface area contributed by atoms with Gasteiger partial charge in [0.2, 0.25) is 10.0 Å². The predicted octanol–water partition coefficient (Wildman–Crippen LogP) is 2.40. The smallest absolute Gasteiger partial charge is 0.253 e. The van der Waals surface area contributed by atoms with E-state index in [1.807, 2.05) is 31.2 Å². The molecular formula is C20H21N3O3S. The highest BCUT2D eigenvalue weighted by atomic mass is 32.2. The average Bonchev–Trinajstić information content (AvgIpc) is 2.94. The lowest BCUT2D eigenvalue weighted by atomic mass is 10.1. The summed E-state index contributed by atoms with van der Waals surface area (Å²) in [6.07, 6.45) is 0.547. The van der Waals surface area contributed by atoms with Gasteiger partial charge < -0.3 is 4.90 Å². The number of carbonyl (C=O) groups is 1. The maximum absolute atomic E-state index is 13.0. The highest BCUT2D eigenvalue weighted by molar-refractivity contribution is 7.89. The van der Waals surface area contributed by atoms with E-state index in [0.717, 1.165) is 5.56 Å².